The number of hydrogen-bond donors (Lipinski definition) is 0. The summed E-state index contributed by atoms with van der Waals surface area (Å²) >= 11 is 9.76. The highest BCUT2D eigenvalue weighted by atomic mass is 79.9. The molecule has 1 saturated heterocycles. The van der Waals surface area contributed by atoms with Crippen molar-refractivity contribution in [2.45, 2.75) is 49.5 Å². The Morgan fingerprint density at radius 2 is 2.28 bits per heavy atom. The Hall–Kier alpha value is -0.0500. The second kappa shape index (κ2) is 7.52. The van der Waals surface area contributed by atoms with Gasteiger partial charge in [0.25, 0.3) is 0 Å². The van der Waals surface area contributed by atoms with E-state index >= 15 is 0 Å². The molecule has 0 aromatic heterocycles. The second-order valence-corrected chi connectivity index (χ2v) is 6.73. The summed E-state index contributed by atoms with van der Waals surface area (Å²) in [5.74, 6) is 0. The minimum absolute atomic E-state index is 0.484. The van der Waals surface area contributed by atoms with Crippen molar-refractivity contribution in [3.8, 4) is 0 Å². The fourth-order valence-corrected chi connectivity index (χ4v) is 3.27. The van der Waals surface area contributed by atoms with Crippen molar-refractivity contribution in [2.75, 3.05) is 6.61 Å². The van der Waals surface area contributed by atoms with Crippen LogP contribution in [0.2, 0.25) is 5.02 Å². The van der Waals surface area contributed by atoms with Crippen molar-refractivity contribution in [2.24, 2.45) is 0 Å². The first-order valence-electron chi connectivity index (χ1n) is 6.74. The Balaban J connectivity index is 1.72. The van der Waals surface area contributed by atoms with E-state index in [1.165, 1.54) is 24.8 Å². The molecule has 3 heteroatoms. The van der Waals surface area contributed by atoms with Gasteiger partial charge >= 0.3 is 0 Å². The summed E-state index contributed by atoms with van der Waals surface area (Å²) in [6.07, 6.45) is 7.64. The molecule has 0 spiro atoms. The van der Waals surface area contributed by atoms with Crippen molar-refractivity contribution in [3.05, 3.63) is 34.9 Å². The van der Waals surface area contributed by atoms with Crippen LogP contribution in [0.15, 0.2) is 24.3 Å². The van der Waals surface area contributed by atoms with Crippen molar-refractivity contribution >= 4 is 27.5 Å². The summed E-state index contributed by atoms with van der Waals surface area (Å²) in [5.41, 5.74) is 1.30. The highest BCUT2D eigenvalue weighted by molar-refractivity contribution is 9.09. The Morgan fingerprint density at radius 1 is 1.39 bits per heavy atom. The largest absolute Gasteiger partial charge is 0.378 e. The molecular formula is C15H20BrClO. The first-order chi connectivity index (χ1) is 8.74. The van der Waals surface area contributed by atoms with Crippen LogP contribution in [-0.4, -0.2) is 17.5 Å². The van der Waals surface area contributed by atoms with E-state index in [9.17, 15) is 0 Å². The molecule has 1 aromatic carbocycles. The van der Waals surface area contributed by atoms with Crippen LogP contribution in [0.4, 0.5) is 0 Å². The number of hydrogen-bond acceptors (Lipinski definition) is 1. The average Bonchev–Trinajstić information content (AvgIpc) is 2.38. The molecule has 1 aliphatic rings. The second-order valence-electron chi connectivity index (χ2n) is 5.00. The van der Waals surface area contributed by atoms with Gasteiger partial charge in [0.2, 0.25) is 0 Å². The maximum atomic E-state index is 5.99. The smallest absolute Gasteiger partial charge is 0.0575 e. The molecule has 1 aromatic rings. The molecule has 1 fully saturated rings. The van der Waals surface area contributed by atoms with Crippen molar-refractivity contribution < 1.29 is 4.74 Å². The van der Waals surface area contributed by atoms with Gasteiger partial charge in [0.05, 0.1) is 6.10 Å². The predicted octanol–water partition coefficient (Wildman–Crippen LogP) is 5.00. The Morgan fingerprint density at radius 3 is 3.00 bits per heavy atom. The summed E-state index contributed by atoms with van der Waals surface area (Å²) in [7, 11) is 0. The molecule has 2 rings (SSSR count). The van der Waals surface area contributed by atoms with Gasteiger partial charge in [0.1, 0.15) is 0 Å². The molecule has 1 nitrogen and oxygen atoms in total. The normalized spacial score (nSPS) is 21.8. The maximum Gasteiger partial charge on any atom is 0.0575 e. The van der Waals surface area contributed by atoms with E-state index in [1.807, 2.05) is 18.2 Å². The van der Waals surface area contributed by atoms with Gasteiger partial charge in [0.15, 0.2) is 0 Å². The van der Waals surface area contributed by atoms with Gasteiger partial charge in [-0.1, -0.05) is 39.7 Å². The minimum atomic E-state index is 0.484. The SMILES string of the molecule is Clc1cccc(CC(Br)CCC2CCCCO2)c1. The minimum Gasteiger partial charge on any atom is -0.378 e. The van der Waals surface area contributed by atoms with Gasteiger partial charge in [-0.05, 0) is 56.2 Å². The summed E-state index contributed by atoms with van der Waals surface area (Å²) in [6, 6.07) is 8.12. The molecule has 2 atom stereocenters. The molecule has 2 unspecified atom stereocenters. The molecule has 18 heavy (non-hydrogen) atoms. The van der Waals surface area contributed by atoms with E-state index in [0.717, 1.165) is 30.9 Å². The number of halogens is 2. The maximum absolute atomic E-state index is 5.99. The third-order valence-electron chi connectivity index (χ3n) is 3.42. The highest BCUT2D eigenvalue weighted by Crippen LogP contribution is 2.22. The summed E-state index contributed by atoms with van der Waals surface area (Å²) in [5, 5.41) is 0.822. The fraction of sp³-hybridized carbons (Fsp3) is 0.600. The van der Waals surface area contributed by atoms with Crippen molar-refractivity contribution in [3.63, 3.8) is 0 Å². The van der Waals surface area contributed by atoms with Gasteiger partial charge in [-0.25, -0.2) is 0 Å². The van der Waals surface area contributed by atoms with E-state index in [0.29, 0.717) is 10.9 Å². The topological polar surface area (TPSA) is 9.23 Å². The lowest BCUT2D eigenvalue weighted by atomic mass is 10.0. The molecule has 0 amide bonds. The molecule has 1 aliphatic heterocycles. The highest BCUT2D eigenvalue weighted by Gasteiger charge is 2.15. The number of benzene rings is 1. The quantitative estimate of drug-likeness (QED) is 0.690. The molecule has 0 saturated carbocycles. The third kappa shape index (κ3) is 4.91. The van der Waals surface area contributed by atoms with Crippen LogP contribution in [0.25, 0.3) is 0 Å². The lowest BCUT2D eigenvalue weighted by Gasteiger charge is -2.23. The predicted molar refractivity (Wildman–Crippen MR) is 80.7 cm³/mol. The molecule has 0 aliphatic carbocycles. The Labute approximate surface area is 123 Å². The summed E-state index contributed by atoms with van der Waals surface area (Å²) in [6.45, 7) is 0.950. The van der Waals surface area contributed by atoms with E-state index < -0.39 is 0 Å². The van der Waals surface area contributed by atoms with Gasteiger partial charge < -0.3 is 4.74 Å². The standard InChI is InChI=1S/C15H20BrClO/c16-13(7-8-15-6-1-2-9-18-15)10-12-4-3-5-14(17)11-12/h3-5,11,13,15H,1-2,6-10H2. The van der Waals surface area contributed by atoms with E-state index in [-0.39, 0.29) is 0 Å². The molecule has 100 valence electrons. The molecule has 1 heterocycles. The summed E-state index contributed by atoms with van der Waals surface area (Å²) in [4.78, 5) is 0.515. The number of ether oxygens (including phenoxy) is 1. The van der Waals surface area contributed by atoms with Crippen molar-refractivity contribution in [1.29, 1.82) is 0 Å². The monoisotopic (exact) mass is 330 g/mol. The number of alkyl halides is 1. The Bertz CT molecular complexity index is 363. The first kappa shape index (κ1) is 14.4. The third-order valence-corrected chi connectivity index (χ3v) is 4.44. The molecular weight excluding hydrogens is 312 g/mol. The molecule has 0 radical (unpaired) electrons. The van der Waals surface area contributed by atoms with Crippen LogP contribution in [0, 0.1) is 0 Å². The van der Waals surface area contributed by atoms with Gasteiger partial charge in [0, 0.05) is 16.5 Å². The van der Waals surface area contributed by atoms with Crippen LogP contribution in [0.1, 0.15) is 37.7 Å². The Kier molecular flexibility index (Phi) is 6.00. The summed E-state index contributed by atoms with van der Waals surface area (Å²) < 4.78 is 5.76. The van der Waals surface area contributed by atoms with E-state index in [4.69, 9.17) is 16.3 Å². The van der Waals surface area contributed by atoms with E-state index in [1.54, 1.807) is 0 Å². The zero-order valence-electron chi connectivity index (χ0n) is 10.6. The van der Waals surface area contributed by atoms with Gasteiger partial charge in [-0.3, -0.25) is 0 Å². The van der Waals surface area contributed by atoms with Crippen LogP contribution in [0.3, 0.4) is 0 Å². The van der Waals surface area contributed by atoms with Crippen LogP contribution in [-0.2, 0) is 11.2 Å². The zero-order valence-corrected chi connectivity index (χ0v) is 12.9. The fourth-order valence-electron chi connectivity index (χ4n) is 2.42. The molecule has 0 bridgehead atoms. The number of rotatable bonds is 5. The average molecular weight is 332 g/mol. The van der Waals surface area contributed by atoms with Gasteiger partial charge in [-0.15, -0.1) is 0 Å². The van der Waals surface area contributed by atoms with Crippen LogP contribution < -0.4 is 0 Å². The van der Waals surface area contributed by atoms with Gasteiger partial charge in [-0.2, -0.15) is 0 Å². The zero-order chi connectivity index (χ0) is 12.8. The lowest BCUT2D eigenvalue weighted by molar-refractivity contribution is 0.0102. The van der Waals surface area contributed by atoms with E-state index in [2.05, 4.69) is 22.0 Å². The van der Waals surface area contributed by atoms with Crippen LogP contribution in [0.5, 0.6) is 0 Å². The molecule has 0 N–H and O–H groups in total. The van der Waals surface area contributed by atoms with Crippen LogP contribution >= 0.6 is 27.5 Å². The van der Waals surface area contributed by atoms with Crippen molar-refractivity contribution in [1.82, 2.24) is 0 Å². The first-order valence-corrected chi connectivity index (χ1v) is 8.03. The lowest BCUT2D eigenvalue weighted by Crippen LogP contribution is -2.20.